The Morgan fingerprint density at radius 3 is 2.00 bits per heavy atom. The number of hydrogen-bond acceptors (Lipinski definition) is 3. The van der Waals surface area contributed by atoms with Crippen LogP contribution in [0.5, 0.6) is 0 Å². The highest BCUT2D eigenvalue weighted by molar-refractivity contribution is 7.00. The predicted octanol–water partition coefficient (Wildman–Crippen LogP) is 9.17. The van der Waals surface area contributed by atoms with Gasteiger partial charge in [-0.05, 0) is 107 Å². The molecule has 3 heterocycles. The molecule has 45 heavy (non-hydrogen) atoms. The molecule has 1 aliphatic carbocycles. The molecule has 0 fully saturated rings. The first-order chi connectivity index (χ1) is 21.7. The minimum atomic E-state index is -0.0278. The average molecular weight is 585 g/mol. The molecule has 5 aromatic carbocycles. The summed E-state index contributed by atoms with van der Waals surface area (Å²) >= 11 is 0. The van der Waals surface area contributed by atoms with Crippen LogP contribution in [0.25, 0.3) is 11.0 Å². The van der Waals surface area contributed by atoms with Gasteiger partial charge in [0.15, 0.2) is 0 Å². The third kappa shape index (κ3) is 3.66. The van der Waals surface area contributed by atoms with Crippen molar-refractivity contribution in [3.63, 3.8) is 0 Å². The number of hydrogen-bond donors (Lipinski definition) is 0. The van der Waals surface area contributed by atoms with Gasteiger partial charge in [-0.1, -0.05) is 88.4 Å². The molecular weight excluding hydrogens is 547 g/mol. The van der Waals surface area contributed by atoms with Crippen molar-refractivity contribution in [1.82, 2.24) is 0 Å². The fourth-order valence-electron chi connectivity index (χ4n) is 8.35. The molecule has 0 saturated heterocycles. The van der Waals surface area contributed by atoms with Crippen LogP contribution in [0, 0.1) is 6.92 Å². The maximum atomic E-state index is 7.01. The number of aryl methyl sites for hydroxylation is 1. The van der Waals surface area contributed by atoms with E-state index in [0.717, 1.165) is 22.3 Å². The molecule has 6 aromatic rings. The Balaban J connectivity index is 1.43. The first-order valence-electron chi connectivity index (χ1n) is 16.3. The van der Waals surface area contributed by atoms with Crippen LogP contribution in [-0.4, -0.2) is 6.71 Å². The molecule has 3 aliphatic rings. The van der Waals surface area contributed by atoms with Crippen LogP contribution in [-0.2, 0) is 10.8 Å². The molecule has 0 unspecified atom stereocenters. The van der Waals surface area contributed by atoms with Crippen LogP contribution in [0.15, 0.2) is 114 Å². The Morgan fingerprint density at radius 2 is 1.24 bits per heavy atom. The van der Waals surface area contributed by atoms with Crippen molar-refractivity contribution in [3.8, 4) is 0 Å². The summed E-state index contributed by atoms with van der Waals surface area (Å²) in [6.07, 6.45) is 2.36. The van der Waals surface area contributed by atoms with Crippen LogP contribution >= 0.6 is 0 Å². The average Bonchev–Trinajstić information content (AvgIpc) is 3.43. The van der Waals surface area contributed by atoms with Gasteiger partial charge >= 0.3 is 0 Å². The highest BCUT2D eigenvalue weighted by Gasteiger charge is 2.48. The Labute approximate surface area is 266 Å². The molecular formula is C41H37BN2O. The van der Waals surface area contributed by atoms with E-state index in [-0.39, 0.29) is 17.5 Å². The van der Waals surface area contributed by atoms with Gasteiger partial charge < -0.3 is 14.2 Å². The summed E-state index contributed by atoms with van der Waals surface area (Å²) in [5.41, 5.74) is 16.2. The SMILES string of the molecule is Cc1ccccc1N1c2cccc3c2B(c2cc4c(cc2N3c2ccccc2)C(C)(C)CCC4(C)C)c2oc3ccccc3c21. The van der Waals surface area contributed by atoms with Crippen molar-refractivity contribution in [2.75, 3.05) is 9.80 Å². The van der Waals surface area contributed by atoms with Gasteiger partial charge in [0, 0.05) is 33.8 Å². The largest absolute Gasteiger partial charge is 0.468 e. The second-order valence-electron chi connectivity index (χ2n) is 14.5. The molecule has 0 N–H and O–H groups in total. The smallest absolute Gasteiger partial charge is 0.297 e. The normalized spacial score (nSPS) is 17.0. The third-order valence-corrected chi connectivity index (χ3v) is 10.8. The number of benzene rings is 5. The van der Waals surface area contributed by atoms with E-state index < -0.39 is 0 Å². The summed E-state index contributed by atoms with van der Waals surface area (Å²) in [5.74, 6) is 0. The van der Waals surface area contributed by atoms with Gasteiger partial charge in [-0.25, -0.2) is 0 Å². The van der Waals surface area contributed by atoms with Gasteiger partial charge in [-0.15, -0.1) is 0 Å². The molecule has 4 heteroatoms. The maximum absolute atomic E-state index is 7.01. The van der Waals surface area contributed by atoms with Gasteiger partial charge in [0.25, 0.3) is 6.71 Å². The monoisotopic (exact) mass is 584 g/mol. The quantitative estimate of drug-likeness (QED) is 0.189. The molecule has 0 atom stereocenters. The van der Waals surface area contributed by atoms with E-state index in [1.165, 1.54) is 68.9 Å². The minimum absolute atomic E-state index is 0.0278. The second kappa shape index (κ2) is 9.17. The maximum Gasteiger partial charge on any atom is 0.297 e. The Hall–Kier alpha value is -4.70. The van der Waals surface area contributed by atoms with Crippen LogP contribution < -0.4 is 26.4 Å². The molecule has 0 spiro atoms. The Kier molecular flexibility index (Phi) is 5.44. The molecule has 9 rings (SSSR count). The number of para-hydroxylation sites is 3. The van der Waals surface area contributed by atoms with Crippen molar-refractivity contribution < 1.29 is 4.42 Å². The van der Waals surface area contributed by atoms with Gasteiger partial charge in [0.05, 0.1) is 11.3 Å². The molecule has 0 radical (unpaired) electrons. The summed E-state index contributed by atoms with van der Waals surface area (Å²) in [6.45, 7) is 11.9. The van der Waals surface area contributed by atoms with E-state index in [1.54, 1.807) is 0 Å². The van der Waals surface area contributed by atoms with Gasteiger partial charge in [-0.3, -0.25) is 0 Å². The molecule has 2 aliphatic heterocycles. The van der Waals surface area contributed by atoms with Crippen molar-refractivity contribution >= 4 is 68.4 Å². The van der Waals surface area contributed by atoms with E-state index in [4.69, 9.17) is 4.42 Å². The highest BCUT2D eigenvalue weighted by Crippen LogP contribution is 2.51. The van der Waals surface area contributed by atoms with Crippen molar-refractivity contribution in [3.05, 3.63) is 126 Å². The van der Waals surface area contributed by atoms with E-state index in [9.17, 15) is 0 Å². The zero-order valence-electron chi connectivity index (χ0n) is 26.7. The molecule has 0 bridgehead atoms. The zero-order valence-corrected chi connectivity index (χ0v) is 26.7. The minimum Gasteiger partial charge on any atom is -0.468 e. The number of anilines is 6. The van der Waals surface area contributed by atoms with Crippen LogP contribution in [0.3, 0.4) is 0 Å². The van der Waals surface area contributed by atoms with Crippen molar-refractivity contribution in [1.29, 1.82) is 0 Å². The first-order valence-corrected chi connectivity index (χ1v) is 16.3. The molecule has 220 valence electrons. The van der Waals surface area contributed by atoms with E-state index >= 15 is 0 Å². The lowest BCUT2D eigenvalue weighted by molar-refractivity contribution is 0.332. The second-order valence-corrected chi connectivity index (χ2v) is 14.5. The van der Waals surface area contributed by atoms with Crippen molar-refractivity contribution in [2.45, 2.75) is 58.3 Å². The molecule has 0 amide bonds. The Morgan fingerprint density at radius 1 is 0.622 bits per heavy atom. The van der Waals surface area contributed by atoms with Crippen molar-refractivity contribution in [2.24, 2.45) is 0 Å². The Bertz CT molecular complexity index is 2160. The summed E-state index contributed by atoms with van der Waals surface area (Å²) in [6, 6.07) is 40.1. The molecule has 0 saturated carbocycles. The lowest BCUT2D eigenvalue weighted by atomic mass is 9.35. The van der Waals surface area contributed by atoms with E-state index in [1.807, 2.05) is 0 Å². The number of rotatable bonds is 2. The zero-order chi connectivity index (χ0) is 30.7. The standard InChI is InChI=1S/C41H37BN2O/c1-26-14-9-11-18-32(26)44-34-20-13-19-33-37(34)42(39-38(44)28-17-10-12-21-36(28)45-39)31-24-29-30(41(4,5)23-22-40(29,2)3)25-35(31)43(33)27-15-7-6-8-16-27/h6-21,24-25H,22-23H2,1-5H3. The third-order valence-electron chi connectivity index (χ3n) is 10.8. The van der Waals surface area contributed by atoms with Crippen LogP contribution in [0.4, 0.5) is 34.1 Å². The predicted molar refractivity (Wildman–Crippen MR) is 190 cm³/mol. The number of furan rings is 1. The van der Waals surface area contributed by atoms with Gasteiger partial charge in [-0.2, -0.15) is 0 Å². The first kappa shape index (κ1) is 26.7. The number of nitrogens with zero attached hydrogens (tertiary/aromatic N) is 2. The van der Waals surface area contributed by atoms with Gasteiger partial charge in [0.1, 0.15) is 5.58 Å². The van der Waals surface area contributed by atoms with Gasteiger partial charge in [0.2, 0.25) is 0 Å². The topological polar surface area (TPSA) is 19.6 Å². The summed E-state index contributed by atoms with van der Waals surface area (Å²) in [7, 11) is 0. The van der Waals surface area contributed by atoms with E-state index in [2.05, 4.69) is 154 Å². The number of fused-ring (bicyclic) bond motifs is 7. The fourth-order valence-corrected chi connectivity index (χ4v) is 8.35. The molecule has 1 aromatic heterocycles. The lowest BCUT2D eigenvalue weighted by Crippen LogP contribution is -2.61. The molecule has 3 nitrogen and oxygen atoms in total. The summed E-state index contributed by atoms with van der Waals surface area (Å²) in [4.78, 5) is 4.97. The summed E-state index contributed by atoms with van der Waals surface area (Å²) < 4.78 is 7.01. The van der Waals surface area contributed by atoms with Crippen LogP contribution in [0.2, 0.25) is 0 Å². The highest BCUT2D eigenvalue weighted by atomic mass is 16.3. The van der Waals surface area contributed by atoms with Crippen LogP contribution in [0.1, 0.15) is 57.2 Å². The fraction of sp³-hybridized carbons (Fsp3) is 0.220. The lowest BCUT2D eigenvalue weighted by Gasteiger charge is -2.46. The summed E-state index contributed by atoms with van der Waals surface area (Å²) in [5, 5.41) is 1.15. The van der Waals surface area contributed by atoms with E-state index in [0.29, 0.717) is 0 Å².